The number of benzene rings is 1. The van der Waals surface area contributed by atoms with Gasteiger partial charge >= 0.3 is 0 Å². The molecule has 0 aliphatic carbocycles. The van der Waals surface area contributed by atoms with E-state index in [0.717, 1.165) is 12.2 Å². The Hall–Kier alpha value is -1.59. The number of hydrogen-bond donors (Lipinski definition) is 1. The summed E-state index contributed by atoms with van der Waals surface area (Å²) in [6.07, 6.45) is 0.803. The second-order valence-electron chi connectivity index (χ2n) is 5.73. The van der Waals surface area contributed by atoms with E-state index in [2.05, 4.69) is 13.8 Å². The van der Waals surface area contributed by atoms with Crippen LogP contribution in [0.5, 0.6) is 5.75 Å². The minimum atomic E-state index is -0.0318. The number of likely N-dealkylation sites (N-methyl/N-ethyl adjacent to an activating group) is 1. The number of ether oxygens (including phenoxy) is 2. The molecule has 1 atom stereocenters. The van der Waals surface area contributed by atoms with E-state index in [1.54, 1.807) is 11.9 Å². The lowest BCUT2D eigenvalue weighted by atomic mass is 10.0. The molecule has 0 aliphatic heterocycles. The number of nitrogens with two attached hydrogens (primary N) is 1. The molecular weight excluding hydrogens is 280 g/mol. The van der Waals surface area contributed by atoms with Crippen LogP contribution in [0.1, 0.15) is 20.3 Å². The lowest BCUT2D eigenvalue weighted by molar-refractivity contribution is -0.135. The quantitative estimate of drug-likeness (QED) is 0.671. The van der Waals surface area contributed by atoms with Crippen LogP contribution in [-0.4, -0.2) is 50.3 Å². The zero-order valence-corrected chi connectivity index (χ0v) is 13.8. The Morgan fingerprint density at radius 3 is 2.55 bits per heavy atom. The van der Waals surface area contributed by atoms with Gasteiger partial charge in [0.2, 0.25) is 5.91 Å². The number of hydrogen-bond acceptors (Lipinski definition) is 4. The predicted molar refractivity (Wildman–Crippen MR) is 87.8 cm³/mol. The fourth-order valence-electron chi connectivity index (χ4n) is 1.81. The molecule has 5 nitrogen and oxygen atoms in total. The Morgan fingerprint density at radius 2 is 1.91 bits per heavy atom. The van der Waals surface area contributed by atoms with Crippen molar-refractivity contribution >= 4 is 5.91 Å². The van der Waals surface area contributed by atoms with Crippen LogP contribution in [-0.2, 0) is 9.53 Å². The van der Waals surface area contributed by atoms with Crippen molar-refractivity contribution in [3.63, 3.8) is 0 Å². The Morgan fingerprint density at radius 1 is 1.23 bits per heavy atom. The molecule has 22 heavy (non-hydrogen) atoms. The highest BCUT2D eigenvalue weighted by atomic mass is 16.5. The SMILES string of the molecule is CC(C)C(N)CCN(C)C(=O)COCCOc1ccccc1. The van der Waals surface area contributed by atoms with E-state index in [0.29, 0.717) is 25.7 Å². The van der Waals surface area contributed by atoms with E-state index in [-0.39, 0.29) is 18.6 Å². The van der Waals surface area contributed by atoms with Gasteiger partial charge in [0.15, 0.2) is 0 Å². The number of carbonyl (C=O) groups is 1. The van der Waals surface area contributed by atoms with Gasteiger partial charge in [-0.1, -0.05) is 32.0 Å². The Labute approximate surface area is 133 Å². The van der Waals surface area contributed by atoms with Crippen molar-refractivity contribution in [3.8, 4) is 5.75 Å². The number of carbonyl (C=O) groups excluding carboxylic acids is 1. The molecule has 0 spiro atoms. The average molecular weight is 308 g/mol. The van der Waals surface area contributed by atoms with Crippen LogP contribution in [0.25, 0.3) is 0 Å². The first-order valence-electron chi connectivity index (χ1n) is 7.76. The van der Waals surface area contributed by atoms with Crippen LogP contribution < -0.4 is 10.5 Å². The van der Waals surface area contributed by atoms with Crippen LogP contribution in [0.4, 0.5) is 0 Å². The van der Waals surface area contributed by atoms with E-state index in [4.69, 9.17) is 15.2 Å². The maximum Gasteiger partial charge on any atom is 0.248 e. The van der Waals surface area contributed by atoms with E-state index in [1.807, 2.05) is 30.3 Å². The smallest absolute Gasteiger partial charge is 0.248 e. The highest BCUT2D eigenvalue weighted by Crippen LogP contribution is 2.07. The van der Waals surface area contributed by atoms with Gasteiger partial charge in [-0.2, -0.15) is 0 Å². The van der Waals surface area contributed by atoms with Crippen LogP contribution >= 0.6 is 0 Å². The monoisotopic (exact) mass is 308 g/mol. The van der Waals surface area contributed by atoms with Crippen LogP contribution in [0.3, 0.4) is 0 Å². The van der Waals surface area contributed by atoms with Crippen molar-refractivity contribution < 1.29 is 14.3 Å². The molecule has 2 N–H and O–H groups in total. The van der Waals surface area contributed by atoms with Crippen molar-refractivity contribution in [2.45, 2.75) is 26.3 Å². The standard InChI is InChI=1S/C17H28N2O3/c1-14(2)16(18)9-10-19(3)17(20)13-21-11-12-22-15-7-5-4-6-8-15/h4-8,14,16H,9-13,18H2,1-3H3. The summed E-state index contributed by atoms with van der Waals surface area (Å²) < 4.78 is 10.8. The molecule has 5 heteroatoms. The van der Waals surface area contributed by atoms with E-state index >= 15 is 0 Å². The highest BCUT2D eigenvalue weighted by molar-refractivity contribution is 5.77. The van der Waals surface area contributed by atoms with Crippen molar-refractivity contribution in [3.05, 3.63) is 30.3 Å². The first-order valence-corrected chi connectivity index (χ1v) is 7.76. The molecule has 0 radical (unpaired) electrons. The van der Waals surface area contributed by atoms with Crippen LogP contribution in [0.15, 0.2) is 30.3 Å². The molecule has 1 unspecified atom stereocenters. The minimum absolute atomic E-state index is 0.0318. The third-order valence-electron chi connectivity index (χ3n) is 3.55. The zero-order chi connectivity index (χ0) is 16.4. The van der Waals surface area contributed by atoms with Crippen molar-refractivity contribution in [1.29, 1.82) is 0 Å². The molecule has 0 fully saturated rings. The molecule has 0 saturated carbocycles. The van der Waals surface area contributed by atoms with Gasteiger partial charge in [-0.15, -0.1) is 0 Å². The fraction of sp³-hybridized carbons (Fsp3) is 0.588. The number of nitrogens with zero attached hydrogens (tertiary/aromatic N) is 1. The number of rotatable bonds is 10. The molecule has 0 saturated heterocycles. The molecule has 124 valence electrons. The summed E-state index contributed by atoms with van der Waals surface area (Å²) >= 11 is 0. The van der Waals surface area contributed by atoms with Crippen molar-refractivity contribution in [1.82, 2.24) is 4.90 Å². The molecule has 0 heterocycles. The van der Waals surface area contributed by atoms with Gasteiger partial charge < -0.3 is 20.1 Å². The van der Waals surface area contributed by atoms with Gasteiger partial charge in [0.05, 0.1) is 6.61 Å². The summed E-state index contributed by atoms with van der Waals surface area (Å²) in [5.41, 5.74) is 5.97. The van der Waals surface area contributed by atoms with Gasteiger partial charge in [0.1, 0.15) is 19.0 Å². The fourth-order valence-corrected chi connectivity index (χ4v) is 1.81. The Bertz CT molecular complexity index is 423. The third-order valence-corrected chi connectivity index (χ3v) is 3.55. The summed E-state index contributed by atoms with van der Waals surface area (Å²) in [5.74, 6) is 1.20. The molecule has 1 amide bonds. The lowest BCUT2D eigenvalue weighted by Gasteiger charge is -2.21. The summed E-state index contributed by atoms with van der Waals surface area (Å²) in [5, 5.41) is 0. The second-order valence-corrected chi connectivity index (χ2v) is 5.73. The Balaban J connectivity index is 2.09. The molecule has 1 rings (SSSR count). The van der Waals surface area contributed by atoms with Crippen LogP contribution in [0.2, 0.25) is 0 Å². The van der Waals surface area contributed by atoms with E-state index in [9.17, 15) is 4.79 Å². The highest BCUT2D eigenvalue weighted by Gasteiger charge is 2.12. The average Bonchev–Trinajstić information content (AvgIpc) is 2.52. The third kappa shape index (κ3) is 7.43. The summed E-state index contributed by atoms with van der Waals surface area (Å²) in [6, 6.07) is 9.65. The number of para-hydroxylation sites is 1. The predicted octanol–water partition coefficient (Wildman–Crippen LogP) is 1.91. The maximum absolute atomic E-state index is 11.9. The van der Waals surface area contributed by atoms with Gasteiger partial charge in [-0.05, 0) is 24.5 Å². The summed E-state index contributed by atoms with van der Waals surface area (Å²) in [6.45, 7) is 5.72. The lowest BCUT2D eigenvalue weighted by Crippen LogP contribution is -2.36. The van der Waals surface area contributed by atoms with Gasteiger partial charge in [0, 0.05) is 19.6 Å². The van der Waals surface area contributed by atoms with Crippen molar-refractivity contribution in [2.75, 3.05) is 33.4 Å². The van der Waals surface area contributed by atoms with Crippen molar-refractivity contribution in [2.24, 2.45) is 11.7 Å². The molecule has 1 aromatic carbocycles. The largest absolute Gasteiger partial charge is 0.491 e. The molecule has 0 aliphatic rings. The number of amides is 1. The molecular formula is C17H28N2O3. The molecule has 0 aromatic heterocycles. The molecule has 0 bridgehead atoms. The van der Waals surface area contributed by atoms with E-state index < -0.39 is 0 Å². The second kappa shape index (κ2) is 10.2. The maximum atomic E-state index is 11.9. The first-order chi connectivity index (χ1) is 10.5. The normalized spacial score (nSPS) is 12.2. The van der Waals surface area contributed by atoms with Crippen LogP contribution in [0, 0.1) is 5.92 Å². The zero-order valence-electron chi connectivity index (χ0n) is 13.8. The molecule has 1 aromatic rings. The van der Waals surface area contributed by atoms with Gasteiger partial charge in [-0.3, -0.25) is 4.79 Å². The first kappa shape index (κ1) is 18.5. The minimum Gasteiger partial charge on any atom is -0.491 e. The Kier molecular flexibility index (Phi) is 8.55. The van der Waals surface area contributed by atoms with Gasteiger partial charge in [-0.25, -0.2) is 0 Å². The summed E-state index contributed by atoms with van der Waals surface area (Å²) in [7, 11) is 1.78. The van der Waals surface area contributed by atoms with Gasteiger partial charge in [0.25, 0.3) is 0 Å². The topological polar surface area (TPSA) is 64.8 Å². The van der Waals surface area contributed by atoms with E-state index in [1.165, 1.54) is 0 Å². The summed E-state index contributed by atoms with van der Waals surface area (Å²) in [4.78, 5) is 13.5.